The minimum atomic E-state index is -4.78. The number of primary amides is 1. The summed E-state index contributed by atoms with van der Waals surface area (Å²) in [6.45, 7) is -2.01. The number of carbonyl (C=O) groups excluding carboxylic acids is 3. The monoisotopic (exact) mass is 620 g/mol. The van der Waals surface area contributed by atoms with Crippen molar-refractivity contribution in [3.8, 4) is 11.4 Å². The van der Waals surface area contributed by atoms with Crippen molar-refractivity contribution >= 4 is 29.3 Å². The van der Waals surface area contributed by atoms with Gasteiger partial charge in [0.15, 0.2) is 5.82 Å². The Balaban J connectivity index is 1.92. The summed E-state index contributed by atoms with van der Waals surface area (Å²) >= 11 is 5.86. The molecule has 3 aromatic rings. The molecule has 0 aliphatic heterocycles. The molecule has 1 unspecified atom stereocenters. The number of halogens is 7. The maximum atomic E-state index is 13.3. The van der Waals surface area contributed by atoms with Crippen molar-refractivity contribution < 1.29 is 40.7 Å². The van der Waals surface area contributed by atoms with Gasteiger partial charge in [0, 0.05) is 30.1 Å². The summed E-state index contributed by atoms with van der Waals surface area (Å²) in [6.07, 6.45) is -11.1. The molecule has 0 bridgehead atoms. The lowest BCUT2D eigenvalue weighted by atomic mass is 10.0. The summed E-state index contributed by atoms with van der Waals surface area (Å²) in [6, 6.07) is 7.45. The molecule has 3 amide bonds. The van der Waals surface area contributed by atoms with Crippen LogP contribution in [-0.2, 0) is 33.6 Å². The predicted molar refractivity (Wildman–Crippen MR) is 137 cm³/mol. The Morgan fingerprint density at radius 3 is 2.29 bits per heavy atom. The number of nitrogens with zero attached hydrogens (tertiary/aromatic N) is 3. The van der Waals surface area contributed by atoms with E-state index >= 15 is 0 Å². The van der Waals surface area contributed by atoms with Gasteiger partial charge in [-0.3, -0.25) is 19.0 Å². The molecule has 1 aromatic heterocycles. The van der Waals surface area contributed by atoms with Crippen molar-refractivity contribution in [1.29, 1.82) is 0 Å². The van der Waals surface area contributed by atoms with Crippen LogP contribution in [0.3, 0.4) is 0 Å². The summed E-state index contributed by atoms with van der Waals surface area (Å²) in [7, 11) is 0. The van der Waals surface area contributed by atoms with Gasteiger partial charge in [0.2, 0.25) is 17.7 Å². The van der Waals surface area contributed by atoms with Crippen LogP contribution in [0.15, 0.2) is 53.3 Å². The quantitative estimate of drug-likeness (QED) is 0.283. The second-order valence-electron chi connectivity index (χ2n) is 8.92. The minimum absolute atomic E-state index is 0.202. The number of hydrogen-bond donors (Lipinski definition) is 3. The Labute approximate surface area is 238 Å². The first kappa shape index (κ1) is 32.2. The zero-order valence-electron chi connectivity index (χ0n) is 21.4. The standard InChI is InChI=1S/C25H23ClF6N6O4/c26-17-6-4-14(5-7-17)21-36-38(23(42)37(21)11-9-24(27,28)29)13-19(40)35-20(22(41)34-10-8-18(33)39)15-2-1-3-16(12-15)25(30,31)32/h1-7,12,20H,8-11,13H2,(H2,33,39)(H,34,41)(H,35,40). The van der Waals surface area contributed by atoms with E-state index in [0.29, 0.717) is 20.3 Å². The van der Waals surface area contributed by atoms with Gasteiger partial charge in [-0.2, -0.15) is 26.3 Å². The molecule has 2 aromatic carbocycles. The van der Waals surface area contributed by atoms with Crippen LogP contribution in [0.2, 0.25) is 5.02 Å². The highest BCUT2D eigenvalue weighted by Crippen LogP contribution is 2.31. The second kappa shape index (κ2) is 13.1. The highest BCUT2D eigenvalue weighted by molar-refractivity contribution is 6.30. The van der Waals surface area contributed by atoms with Crippen LogP contribution in [0.5, 0.6) is 0 Å². The number of benzene rings is 2. The number of nitrogens with one attached hydrogen (secondary N) is 2. The van der Waals surface area contributed by atoms with Gasteiger partial charge < -0.3 is 16.4 Å². The third-order valence-corrected chi connectivity index (χ3v) is 5.97. The molecule has 0 saturated carbocycles. The summed E-state index contributed by atoms with van der Waals surface area (Å²) in [5.74, 6) is -3.04. The van der Waals surface area contributed by atoms with Crippen LogP contribution in [0.25, 0.3) is 11.4 Å². The molecule has 3 rings (SSSR count). The van der Waals surface area contributed by atoms with Crippen molar-refractivity contribution in [2.24, 2.45) is 5.73 Å². The van der Waals surface area contributed by atoms with Crippen LogP contribution in [-0.4, -0.2) is 44.8 Å². The van der Waals surface area contributed by atoms with E-state index in [-0.39, 0.29) is 29.9 Å². The molecule has 0 radical (unpaired) electrons. The third-order valence-electron chi connectivity index (χ3n) is 5.72. The molecule has 0 aliphatic carbocycles. The Hall–Kier alpha value is -4.34. The number of carbonyl (C=O) groups is 3. The Bertz CT molecular complexity index is 1500. The zero-order valence-corrected chi connectivity index (χ0v) is 22.2. The molecule has 0 fully saturated rings. The maximum absolute atomic E-state index is 13.3. The normalized spacial score (nSPS) is 12.5. The highest BCUT2D eigenvalue weighted by Gasteiger charge is 2.33. The SMILES string of the molecule is NC(=O)CCNC(=O)C(NC(=O)Cn1nc(-c2ccc(Cl)cc2)n(CCC(F)(F)F)c1=O)c1cccc(C(F)(F)F)c1. The topological polar surface area (TPSA) is 141 Å². The average Bonchev–Trinajstić information content (AvgIpc) is 3.20. The summed E-state index contributed by atoms with van der Waals surface area (Å²) < 4.78 is 79.9. The van der Waals surface area contributed by atoms with E-state index in [4.69, 9.17) is 17.3 Å². The van der Waals surface area contributed by atoms with E-state index in [2.05, 4.69) is 15.7 Å². The first-order valence-corrected chi connectivity index (χ1v) is 12.5. The van der Waals surface area contributed by atoms with E-state index in [9.17, 15) is 45.5 Å². The molecule has 1 heterocycles. The van der Waals surface area contributed by atoms with Crippen LogP contribution in [0.4, 0.5) is 26.3 Å². The fraction of sp³-hybridized carbons (Fsp3) is 0.320. The van der Waals surface area contributed by atoms with Crippen molar-refractivity contribution in [2.45, 2.75) is 44.3 Å². The molecule has 1 atom stereocenters. The molecule has 0 aliphatic rings. The van der Waals surface area contributed by atoms with Gasteiger partial charge >= 0.3 is 18.0 Å². The van der Waals surface area contributed by atoms with Crippen LogP contribution in [0, 0.1) is 0 Å². The van der Waals surface area contributed by atoms with Gasteiger partial charge in [-0.1, -0.05) is 23.7 Å². The lowest BCUT2D eigenvalue weighted by Gasteiger charge is -2.20. The van der Waals surface area contributed by atoms with E-state index < -0.39 is 66.9 Å². The van der Waals surface area contributed by atoms with Crippen molar-refractivity contribution in [3.63, 3.8) is 0 Å². The van der Waals surface area contributed by atoms with Crippen LogP contribution >= 0.6 is 11.6 Å². The Kier molecular flexibility index (Phi) is 10.0. The van der Waals surface area contributed by atoms with E-state index in [1.807, 2.05) is 0 Å². The third kappa shape index (κ3) is 8.83. The van der Waals surface area contributed by atoms with Crippen LogP contribution < -0.4 is 22.1 Å². The molecule has 42 heavy (non-hydrogen) atoms. The van der Waals surface area contributed by atoms with Gasteiger partial charge in [0.05, 0.1) is 12.0 Å². The fourth-order valence-corrected chi connectivity index (χ4v) is 3.87. The molecular weight excluding hydrogens is 598 g/mol. The van der Waals surface area contributed by atoms with Crippen molar-refractivity contribution in [3.05, 3.63) is 75.2 Å². The maximum Gasteiger partial charge on any atom is 0.416 e. The van der Waals surface area contributed by atoms with E-state index in [0.717, 1.165) is 18.2 Å². The second-order valence-corrected chi connectivity index (χ2v) is 9.36. The first-order chi connectivity index (χ1) is 19.5. The zero-order chi connectivity index (χ0) is 31.2. The number of alkyl halides is 6. The first-order valence-electron chi connectivity index (χ1n) is 12.1. The summed E-state index contributed by atoms with van der Waals surface area (Å²) in [4.78, 5) is 49.7. The van der Waals surface area contributed by atoms with Gasteiger partial charge in [-0.05, 0) is 42.0 Å². The Morgan fingerprint density at radius 2 is 1.69 bits per heavy atom. The van der Waals surface area contributed by atoms with Gasteiger partial charge in [-0.15, -0.1) is 5.10 Å². The van der Waals surface area contributed by atoms with Crippen molar-refractivity contribution in [1.82, 2.24) is 25.0 Å². The number of hydrogen-bond acceptors (Lipinski definition) is 5. The molecule has 4 N–H and O–H groups in total. The largest absolute Gasteiger partial charge is 0.416 e. The Morgan fingerprint density at radius 1 is 1.02 bits per heavy atom. The predicted octanol–water partition coefficient (Wildman–Crippen LogP) is 3.19. The summed E-state index contributed by atoms with van der Waals surface area (Å²) in [5, 5.41) is 8.79. The van der Waals surface area contributed by atoms with Gasteiger partial charge in [-0.25, -0.2) is 9.48 Å². The summed E-state index contributed by atoms with van der Waals surface area (Å²) in [5.41, 5.74) is 2.77. The smallest absolute Gasteiger partial charge is 0.370 e. The lowest BCUT2D eigenvalue weighted by Crippen LogP contribution is -2.43. The molecular formula is C25H23ClF6N6O4. The molecule has 10 nitrogen and oxygen atoms in total. The van der Waals surface area contributed by atoms with Crippen molar-refractivity contribution in [2.75, 3.05) is 6.54 Å². The molecule has 0 saturated heterocycles. The molecule has 226 valence electrons. The average molecular weight is 621 g/mol. The molecule has 17 heteroatoms. The van der Waals surface area contributed by atoms with Gasteiger partial charge in [0.25, 0.3) is 0 Å². The van der Waals surface area contributed by atoms with Crippen LogP contribution in [0.1, 0.15) is 30.0 Å². The van der Waals surface area contributed by atoms with E-state index in [1.54, 1.807) is 0 Å². The number of amides is 3. The number of aromatic nitrogens is 3. The highest BCUT2D eigenvalue weighted by atomic mass is 35.5. The number of nitrogens with two attached hydrogens (primary N) is 1. The van der Waals surface area contributed by atoms with Gasteiger partial charge in [0.1, 0.15) is 12.6 Å². The number of rotatable bonds is 11. The molecule has 0 spiro atoms. The van der Waals surface area contributed by atoms with E-state index in [1.165, 1.54) is 24.3 Å². The lowest BCUT2D eigenvalue weighted by molar-refractivity contribution is -0.138. The fourth-order valence-electron chi connectivity index (χ4n) is 3.75. The minimum Gasteiger partial charge on any atom is -0.370 e.